The lowest BCUT2D eigenvalue weighted by Crippen LogP contribution is -2.33. The third-order valence-corrected chi connectivity index (χ3v) is 3.60. The number of hydrogen-bond donors (Lipinski definition) is 2. The largest absolute Gasteiger partial charge is 0.352 e. The molecule has 0 aliphatic rings. The van der Waals surface area contributed by atoms with Crippen LogP contribution in [0, 0.1) is 29.0 Å². The van der Waals surface area contributed by atoms with Gasteiger partial charge in [-0.15, -0.1) is 0 Å². The first-order valence-electron chi connectivity index (χ1n) is 7.02. The molecule has 0 saturated carbocycles. The minimum atomic E-state index is -0.507. The van der Waals surface area contributed by atoms with Crippen LogP contribution < -0.4 is 11.1 Å². The first kappa shape index (κ1) is 17.2. The van der Waals surface area contributed by atoms with E-state index in [2.05, 4.69) is 44.9 Å². The molecule has 0 radical (unpaired) electrons. The number of nitrogens with one attached hydrogen (secondary N) is 1. The Hall–Kier alpha value is -1.86. The van der Waals surface area contributed by atoms with Crippen LogP contribution in [-0.2, 0) is 0 Å². The summed E-state index contributed by atoms with van der Waals surface area (Å²) in [5.41, 5.74) is 5.91. The number of carbonyl (C=O) groups is 1. The summed E-state index contributed by atoms with van der Waals surface area (Å²) in [5, 5.41) is 2.83. The van der Waals surface area contributed by atoms with Crippen molar-refractivity contribution < 1.29 is 9.18 Å². The molecule has 0 aliphatic carbocycles. The second-order valence-corrected chi connectivity index (χ2v) is 6.18. The first-order chi connectivity index (χ1) is 9.75. The van der Waals surface area contributed by atoms with Crippen LogP contribution in [0.3, 0.4) is 0 Å². The lowest BCUT2D eigenvalue weighted by atomic mass is 9.82. The van der Waals surface area contributed by atoms with Gasteiger partial charge < -0.3 is 11.1 Å². The van der Waals surface area contributed by atoms with Crippen LogP contribution >= 0.6 is 0 Å². The van der Waals surface area contributed by atoms with E-state index in [1.807, 2.05) is 0 Å². The Balaban J connectivity index is 2.74. The number of hydrogen-bond acceptors (Lipinski definition) is 2. The van der Waals surface area contributed by atoms with E-state index < -0.39 is 5.82 Å². The Kier molecular flexibility index (Phi) is 5.92. The maximum absolute atomic E-state index is 13.8. The van der Waals surface area contributed by atoms with Gasteiger partial charge in [-0.3, -0.25) is 4.79 Å². The molecule has 1 aromatic carbocycles. The molecule has 1 unspecified atom stereocenters. The van der Waals surface area contributed by atoms with Crippen LogP contribution in [0.1, 0.15) is 43.6 Å². The molecule has 1 amide bonds. The van der Waals surface area contributed by atoms with E-state index in [4.69, 9.17) is 5.73 Å². The Morgan fingerprint density at radius 2 is 2.10 bits per heavy atom. The van der Waals surface area contributed by atoms with Gasteiger partial charge in [0, 0.05) is 12.1 Å². The first-order valence-corrected chi connectivity index (χ1v) is 7.02. The summed E-state index contributed by atoms with van der Waals surface area (Å²) in [4.78, 5) is 12.0. The molecule has 0 aliphatic heterocycles. The van der Waals surface area contributed by atoms with Crippen LogP contribution in [0.25, 0.3) is 0 Å². The molecule has 0 aromatic heterocycles. The highest BCUT2D eigenvalue weighted by Crippen LogP contribution is 2.24. The summed E-state index contributed by atoms with van der Waals surface area (Å²) in [6.07, 6.45) is 0. The van der Waals surface area contributed by atoms with Crippen molar-refractivity contribution in [2.75, 3.05) is 13.1 Å². The maximum atomic E-state index is 13.8. The van der Waals surface area contributed by atoms with Gasteiger partial charge in [0.1, 0.15) is 5.82 Å². The maximum Gasteiger partial charge on any atom is 0.251 e. The third-order valence-electron chi connectivity index (χ3n) is 3.60. The summed E-state index contributed by atoms with van der Waals surface area (Å²) in [6, 6.07) is 4.28. The highest BCUT2D eigenvalue weighted by Gasteiger charge is 2.20. The third kappa shape index (κ3) is 5.20. The van der Waals surface area contributed by atoms with Gasteiger partial charge in [0.05, 0.1) is 12.1 Å². The van der Waals surface area contributed by atoms with Crippen LogP contribution in [0.4, 0.5) is 4.39 Å². The highest BCUT2D eigenvalue weighted by molar-refractivity contribution is 5.94. The van der Waals surface area contributed by atoms with Crippen LogP contribution in [-0.4, -0.2) is 19.0 Å². The van der Waals surface area contributed by atoms with Crippen molar-refractivity contribution in [1.82, 2.24) is 5.32 Å². The van der Waals surface area contributed by atoms with Crippen molar-refractivity contribution >= 4 is 5.91 Å². The lowest BCUT2D eigenvalue weighted by Gasteiger charge is -2.27. The number of nitrogens with two attached hydrogens (primary N) is 1. The monoisotopic (exact) mass is 290 g/mol. The Morgan fingerprint density at radius 3 is 2.62 bits per heavy atom. The number of halogens is 1. The van der Waals surface area contributed by atoms with E-state index in [-0.39, 0.29) is 23.4 Å². The molecule has 1 aromatic rings. The Bertz CT molecular complexity index is 564. The van der Waals surface area contributed by atoms with Gasteiger partial charge in [0.2, 0.25) is 0 Å². The van der Waals surface area contributed by atoms with Crippen molar-refractivity contribution in [1.29, 1.82) is 0 Å². The molecule has 3 nitrogen and oxygen atoms in total. The molecule has 0 heterocycles. The van der Waals surface area contributed by atoms with Gasteiger partial charge in [0.15, 0.2) is 0 Å². The summed E-state index contributed by atoms with van der Waals surface area (Å²) >= 11 is 0. The average Bonchev–Trinajstić information content (AvgIpc) is 2.41. The number of rotatable bonds is 3. The quantitative estimate of drug-likeness (QED) is 0.841. The molecule has 114 valence electrons. The highest BCUT2D eigenvalue weighted by atomic mass is 19.1. The standard InChI is InChI=1S/C17H23FN2O/c1-12(17(2,3)4)11-20-16(21)14-8-7-13(6-5-9-19)15(18)10-14/h7-8,10,12H,9,11,19H2,1-4H3,(H,20,21). The van der Waals surface area contributed by atoms with E-state index in [1.165, 1.54) is 12.1 Å². The van der Waals surface area contributed by atoms with E-state index in [9.17, 15) is 9.18 Å². The zero-order chi connectivity index (χ0) is 16.0. The van der Waals surface area contributed by atoms with E-state index in [0.29, 0.717) is 18.0 Å². The molecular weight excluding hydrogens is 267 g/mol. The SMILES string of the molecule is CC(CNC(=O)c1ccc(C#CCN)c(F)c1)C(C)(C)C. The molecule has 0 spiro atoms. The van der Waals surface area contributed by atoms with Crippen molar-refractivity contribution in [2.24, 2.45) is 17.1 Å². The fraction of sp³-hybridized carbons (Fsp3) is 0.471. The van der Waals surface area contributed by atoms with E-state index in [0.717, 1.165) is 0 Å². The van der Waals surface area contributed by atoms with Gasteiger partial charge in [-0.1, -0.05) is 39.5 Å². The number of benzene rings is 1. The van der Waals surface area contributed by atoms with Crippen molar-refractivity contribution in [3.8, 4) is 11.8 Å². The van der Waals surface area contributed by atoms with Gasteiger partial charge in [-0.25, -0.2) is 4.39 Å². The van der Waals surface area contributed by atoms with Crippen LogP contribution in [0.15, 0.2) is 18.2 Å². The van der Waals surface area contributed by atoms with Gasteiger partial charge in [-0.05, 0) is 29.5 Å². The number of amides is 1. The Labute approximate surface area is 126 Å². The van der Waals surface area contributed by atoms with Gasteiger partial charge in [-0.2, -0.15) is 0 Å². The molecule has 21 heavy (non-hydrogen) atoms. The molecule has 0 bridgehead atoms. The topological polar surface area (TPSA) is 55.1 Å². The Morgan fingerprint density at radius 1 is 1.43 bits per heavy atom. The lowest BCUT2D eigenvalue weighted by molar-refractivity contribution is 0.0936. The fourth-order valence-corrected chi connectivity index (χ4v) is 1.56. The molecule has 1 atom stereocenters. The second kappa shape index (κ2) is 7.24. The van der Waals surface area contributed by atoms with Crippen LogP contribution in [0.5, 0.6) is 0 Å². The zero-order valence-electron chi connectivity index (χ0n) is 13.1. The summed E-state index contributed by atoms with van der Waals surface area (Å²) in [6.45, 7) is 9.16. The van der Waals surface area contributed by atoms with Gasteiger partial charge in [0.25, 0.3) is 5.91 Å². The molecule has 1 rings (SSSR count). The molecule has 4 heteroatoms. The van der Waals surface area contributed by atoms with E-state index in [1.54, 1.807) is 6.07 Å². The summed E-state index contributed by atoms with van der Waals surface area (Å²) in [7, 11) is 0. The minimum absolute atomic E-state index is 0.111. The predicted molar refractivity (Wildman–Crippen MR) is 83.3 cm³/mol. The van der Waals surface area contributed by atoms with E-state index >= 15 is 0 Å². The minimum Gasteiger partial charge on any atom is -0.352 e. The van der Waals surface area contributed by atoms with Crippen LogP contribution in [0.2, 0.25) is 0 Å². The van der Waals surface area contributed by atoms with Crippen molar-refractivity contribution in [2.45, 2.75) is 27.7 Å². The smallest absolute Gasteiger partial charge is 0.251 e. The summed E-state index contributed by atoms with van der Waals surface area (Å²) < 4.78 is 13.8. The van der Waals surface area contributed by atoms with Gasteiger partial charge >= 0.3 is 0 Å². The molecule has 0 fully saturated rings. The predicted octanol–water partition coefficient (Wildman–Crippen LogP) is 2.55. The molecule has 3 N–H and O–H groups in total. The van der Waals surface area contributed by atoms with Crippen molar-refractivity contribution in [3.63, 3.8) is 0 Å². The fourth-order valence-electron chi connectivity index (χ4n) is 1.56. The second-order valence-electron chi connectivity index (χ2n) is 6.18. The number of carbonyl (C=O) groups excluding carboxylic acids is 1. The normalized spacial score (nSPS) is 12.3. The average molecular weight is 290 g/mol. The molecule has 0 saturated heterocycles. The molecular formula is C17H23FN2O. The van der Waals surface area contributed by atoms with Crippen molar-refractivity contribution in [3.05, 3.63) is 35.1 Å². The zero-order valence-corrected chi connectivity index (χ0v) is 13.1. The summed E-state index contributed by atoms with van der Waals surface area (Å²) in [5.74, 6) is 4.75.